The second-order valence-electron chi connectivity index (χ2n) is 5.44. The van der Waals surface area contributed by atoms with Gasteiger partial charge < -0.3 is 10.5 Å². The summed E-state index contributed by atoms with van der Waals surface area (Å²) in [4.78, 5) is 21.2. The molecule has 0 radical (unpaired) electrons. The minimum absolute atomic E-state index is 0.170. The van der Waals surface area contributed by atoms with Crippen LogP contribution in [0, 0.1) is 11.3 Å². The number of allylic oxidation sites excluding steroid dienone is 2. The molecule has 106 valence electrons. The molecule has 18 heavy (non-hydrogen) atoms. The summed E-state index contributed by atoms with van der Waals surface area (Å²) >= 11 is 0. The Bertz CT molecular complexity index is 246. The van der Waals surface area contributed by atoms with Gasteiger partial charge in [0.05, 0.1) is 0 Å². The molecule has 1 aliphatic rings. The van der Waals surface area contributed by atoms with E-state index in [9.17, 15) is 9.59 Å². The minimum atomic E-state index is -0.508. The Hall–Kier alpha value is -1.12. The second-order valence-corrected chi connectivity index (χ2v) is 5.44. The van der Waals surface area contributed by atoms with Crippen LogP contribution < -0.4 is 5.73 Å². The van der Waals surface area contributed by atoms with Crippen LogP contribution in [-0.2, 0) is 9.59 Å². The summed E-state index contributed by atoms with van der Waals surface area (Å²) in [6.07, 6.45) is 7.40. The first kappa shape index (κ1) is 19.2. The van der Waals surface area contributed by atoms with Crippen LogP contribution in [0.15, 0.2) is 12.2 Å². The third kappa shape index (κ3) is 11.4. The average molecular weight is 255 g/mol. The van der Waals surface area contributed by atoms with Crippen LogP contribution >= 0.6 is 0 Å². The summed E-state index contributed by atoms with van der Waals surface area (Å²) in [6, 6.07) is 0. The van der Waals surface area contributed by atoms with Gasteiger partial charge in [0.15, 0.2) is 0 Å². The van der Waals surface area contributed by atoms with Crippen molar-refractivity contribution in [3.8, 4) is 0 Å². The highest BCUT2D eigenvalue weighted by Gasteiger charge is 2.32. The molecule has 2 N–H and O–H groups in total. The summed E-state index contributed by atoms with van der Waals surface area (Å²) in [5, 5.41) is 0. The number of hydrogen-bond acceptors (Lipinski definition) is 2. The maximum atomic E-state index is 10.6. The number of primary amides is 1. The van der Waals surface area contributed by atoms with Gasteiger partial charge in [0.25, 0.3) is 0 Å². The van der Waals surface area contributed by atoms with Gasteiger partial charge in [-0.05, 0) is 18.8 Å². The quantitative estimate of drug-likeness (QED) is 0.620. The molecular formula is C15H29NO2. The molecule has 1 rings (SSSR count). The number of carbonyl (C=O) groups is 2. The summed E-state index contributed by atoms with van der Waals surface area (Å²) in [5.41, 5.74) is 4.50. The number of amides is 1. The van der Waals surface area contributed by atoms with Crippen molar-refractivity contribution in [2.24, 2.45) is 17.1 Å². The first-order chi connectivity index (χ1) is 8.33. The molecule has 0 saturated carbocycles. The van der Waals surface area contributed by atoms with E-state index in [2.05, 4.69) is 34.6 Å². The van der Waals surface area contributed by atoms with Crippen LogP contribution in [0.3, 0.4) is 0 Å². The first-order valence-corrected chi connectivity index (χ1v) is 6.73. The second kappa shape index (κ2) is 11.0. The van der Waals surface area contributed by atoms with Crippen molar-refractivity contribution < 1.29 is 9.59 Å². The molecule has 0 aromatic heterocycles. The lowest BCUT2D eigenvalue weighted by atomic mass is 9.83. The van der Waals surface area contributed by atoms with Gasteiger partial charge in [-0.3, -0.25) is 4.79 Å². The van der Waals surface area contributed by atoms with Crippen LogP contribution in [0.2, 0.25) is 0 Å². The first-order valence-electron chi connectivity index (χ1n) is 6.73. The smallest absolute Gasteiger partial charge is 0.218 e. The molecule has 0 bridgehead atoms. The molecule has 1 aliphatic carbocycles. The topological polar surface area (TPSA) is 60.2 Å². The van der Waals surface area contributed by atoms with Crippen molar-refractivity contribution in [1.82, 2.24) is 0 Å². The minimum Gasteiger partial charge on any atom is -0.370 e. The number of carbonyl (C=O) groups excluding carboxylic acids is 2. The average Bonchev–Trinajstić information content (AvgIpc) is 2.66. The maximum absolute atomic E-state index is 10.6. The zero-order valence-corrected chi connectivity index (χ0v) is 12.5. The summed E-state index contributed by atoms with van der Waals surface area (Å²) in [6.45, 7) is 10.8. The van der Waals surface area contributed by atoms with Gasteiger partial charge >= 0.3 is 0 Å². The van der Waals surface area contributed by atoms with E-state index in [1.807, 2.05) is 12.2 Å². The molecule has 0 aromatic rings. The molecule has 0 atom stereocenters. The van der Waals surface area contributed by atoms with Gasteiger partial charge in [-0.25, -0.2) is 0 Å². The van der Waals surface area contributed by atoms with Crippen molar-refractivity contribution in [2.45, 2.75) is 60.3 Å². The van der Waals surface area contributed by atoms with E-state index < -0.39 is 11.3 Å². The molecule has 3 heteroatoms. The fourth-order valence-electron chi connectivity index (χ4n) is 1.35. The van der Waals surface area contributed by atoms with E-state index in [4.69, 9.17) is 5.73 Å². The van der Waals surface area contributed by atoms with Crippen LogP contribution in [0.25, 0.3) is 0 Å². The largest absolute Gasteiger partial charge is 0.370 e. The highest BCUT2D eigenvalue weighted by atomic mass is 16.1. The Balaban J connectivity index is 0. The fraction of sp³-hybridized carbons (Fsp3) is 0.733. The molecule has 0 spiro atoms. The Morgan fingerprint density at radius 2 is 1.61 bits per heavy atom. The predicted molar refractivity (Wildman–Crippen MR) is 77.2 cm³/mol. The van der Waals surface area contributed by atoms with Crippen molar-refractivity contribution in [1.29, 1.82) is 0 Å². The van der Waals surface area contributed by atoms with E-state index in [1.165, 1.54) is 6.42 Å². The Morgan fingerprint density at radius 3 is 1.83 bits per heavy atom. The van der Waals surface area contributed by atoms with E-state index in [0.29, 0.717) is 12.8 Å². The van der Waals surface area contributed by atoms with Crippen molar-refractivity contribution in [3.63, 3.8) is 0 Å². The summed E-state index contributed by atoms with van der Waals surface area (Å²) in [5.74, 6) is 0.431. The standard InChI is InChI=1S/C8H11NO2.C4H10.C3H8/c9-7(11)5-8(6-10)3-1-2-4-8;1-4(2)3;1-3-2/h1-2,6H,3-5H2,(H2,9,11);4H,1-3H3;3H2,1-2H3. The molecule has 0 heterocycles. The number of nitrogens with two attached hydrogens (primary N) is 1. The van der Waals surface area contributed by atoms with Gasteiger partial charge in [-0.1, -0.05) is 53.2 Å². The summed E-state index contributed by atoms with van der Waals surface area (Å²) < 4.78 is 0. The maximum Gasteiger partial charge on any atom is 0.218 e. The van der Waals surface area contributed by atoms with Crippen LogP contribution in [0.4, 0.5) is 0 Å². The number of aldehydes is 1. The molecule has 0 saturated heterocycles. The van der Waals surface area contributed by atoms with Crippen molar-refractivity contribution in [2.75, 3.05) is 0 Å². The fourth-order valence-corrected chi connectivity index (χ4v) is 1.35. The molecule has 0 unspecified atom stereocenters. The highest BCUT2D eigenvalue weighted by molar-refractivity contribution is 5.79. The van der Waals surface area contributed by atoms with Crippen LogP contribution in [-0.4, -0.2) is 12.2 Å². The van der Waals surface area contributed by atoms with Crippen LogP contribution in [0.1, 0.15) is 60.3 Å². The lowest BCUT2D eigenvalue weighted by Crippen LogP contribution is -2.26. The Labute approximate surface area is 112 Å². The van der Waals surface area contributed by atoms with Gasteiger partial charge in [-0.15, -0.1) is 0 Å². The molecule has 0 fully saturated rings. The lowest BCUT2D eigenvalue weighted by molar-refractivity contribution is -0.125. The van der Waals surface area contributed by atoms with Crippen molar-refractivity contribution in [3.05, 3.63) is 12.2 Å². The monoisotopic (exact) mass is 255 g/mol. The van der Waals surface area contributed by atoms with Crippen LogP contribution in [0.5, 0.6) is 0 Å². The number of hydrogen-bond donors (Lipinski definition) is 1. The number of rotatable bonds is 3. The molecule has 0 aliphatic heterocycles. The van der Waals surface area contributed by atoms with Crippen molar-refractivity contribution >= 4 is 12.2 Å². The van der Waals surface area contributed by atoms with Gasteiger partial charge in [0.2, 0.25) is 5.91 Å². The third-order valence-corrected chi connectivity index (χ3v) is 1.99. The van der Waals surface area contributed by atoms with Gasteiger partial charge in [0.1, 0.15) is 6.29 Å². The molecule has 0 aromatic carbocycles. The summed E-state index contributed by atoms with van der Waals surface area (Å²) in [7, 11) is 0. The van der Waals surface area contributed by atoms with E-state index in [1.54, 1.807) is 0 Å². The lowest BCUT2D eigenvalue weighted by Gasteiger charge is -2.18. The third-order valence-electron chi connectivity index (χ3n) is 1.99. The van der Waals surface area contributed by atoms with E-state index in [0.717, 1.165) is 12.2 Å². The highest BCUT2D eigenvalue weighted by Crippen LogP contribution is 2.33. The zero-order valence-electron chi connectivity index (χ0n) is 12.5. The zero-order chi connectivity index (χ0) is 14.6. The Kier molecular flexibility index (Phi) is 11.7. The van der Waals surface area contributed by atoms with Gasteiger partial charge in [-0.2, -0.15) is 0 Å². The van der Waals surface area contributed by atoms with E-state index >= 15 is 0 Å². The van der Waals surface area contributed by atoms with Gasteiger partial charge in [0, 0.05) is 11.8 Å². The molecular weight excluding hydrogens is 226 g/mol. The molecule has 1 amide bonds. The SMILES string of the molecule is CC(C)C.CCC.NC(=O)CC1(C=O)CC=CC1. The predicted octanol–water partition coefficient (Wildman–Crippen LogP) is 3.48. The normalized spacial score (nSPS) is 15.2. The van der Waals surface area contributed by atoms with E-state index in [-0.39, 0.29) is 6.42 Å². The Morgan fingerprint density at radius 1 is 1.28 bits per heavy atom. The molecule has 3 nitrogen and oxygen atoms in total.